The van der Waals surface area contributed by atoms with Crippen molar-refractivity contribution in [2.24, 2.45) is 5.92 Å². The second-order valence-corrected chi connectivity index (χ2v) is 14.8. The average molecular weight is 464 g/mol. The number of ether oxygens (including phenoxy) is 3. The molecule has 0 aliphatic rings. The molecular formula is C20H31Cl2NO5Si. The highest BCUT2D eigenvalue weighted by Gasteiger charge is 2.15. The third kappa shape index (κ3) is 11.5. The van der Waals surface area contributed by atoms with Gasteiger partial charge in [0.25, 0.3) is 0 Å². The standard InChI is InChI=1S/C20H31Cl2NO5Si/c1-14(2)12-27-20(25)10-19(24)23-11-16-17(21)8-15(9-18(16)22)28-13-26-6-7-29(3,4)5/h8-9,14H,6-7,10-13H2,1-5H3,(H,23,24). The summed E-state index contributed by atoms with van der Waals surface area (Å²) in [7, 11) is -1.14. The first kappa shape index (κ1) is 25.8. The van der Waals surface area contributed by atoms with Gasteiger partial charge < -0.3 is 19.5 Å². The van der Waals surface area contributed by atoms with Crippen molar-refractivity contribution >= 4 is 43.2 Å². The van der Waals surface area contributed by atoms with Gasteiger partial charge in [-0.05, 0) is 24.1 Å². The largest absolute Gasteiger partial charge is 0.467 e. The van der Waals surface area contributed by atoms with Gasteiger partial charge in [0.1, 0.15) is 12.2 Å². The van der Waals surface area contributed by atoms with Crippen molar-refractivity contribution in [1.82, 2.24) is 5.32 Å². The Bertz CT molecular complexity index is 669. The van der Waals surface area contributed by atoms with Crippen LogP contribution in [-0.4, -0.2) is 40.0 Å². The van der Waals surface area contributed by atoms with Crippen LogP contribution in [0.3, 0.4) is 0 Å². The molecule has 29 heavy (non-hydrogen) atoms. The second-order valence-electron chi connectivity index (χ2n) is 8.38. The summed E-state index contributed by atoms with van der Waals surface area (Å²) in [5.41, 5.74) is 0.546. The van der Waals surface area contributed by atoms with Gasteiger partial charge in [-0.25, -0.2) is 0 Å². The van der Waals surface area contributed by atoms with Crippen molar-refractivity contribution in [2.75, 3.05) is 20.0 Å². The number of amides is 1. The quantitative estimate of drug-likeness (QED) is 0.157. The van der Waals surface area contributed by atoms with E-state index < -0.39 is 20.0 Å². The lowest BCUT2D eigenvalue weighted by atomic mass is 10.2. The van der Waals surface area contributed by atoms with E-state index in [2.05, 4.69) is 25.0 Å². The number of nitrogens with one attached hydrogen (secondary N) is 1. The first-order chi connectivity index (χ1) is 13.5. The summed E-state index contributed by atoms with van der Waals surface area (Å²) < 4.78 is 16.0. The van der Waals surface area contributed by atoms with Gasteiger partial charge in [0.05, 0.1) is 16.7 Å². The third-order valence-electron chi connectivity index (χ3n) is 3.76. The minimum atomic E-state index is -1.14. The van der Waals surface area contributed by atoms with Crippen molar-refractivity contribution in [3.8, 4) is 5.75 Å². The lowest BCUT2D eigenvalue weighted by molar-refractivity contribution is -0.147. The SMILES string of the molecule is CC(C)COC(=O)CC(=O)NCc1c(Cl)cc(OCOCC[Si](C)(C)C)cc1Cl. The zero-order chi connectivity index (χ0) is 22.0. The molecule has 1 aromatic rings. The molecule has 0 saturated heterocycles. The molecule has 0 spiro atoms. The van der Waals surface area contributed by atoms with Gasteiger partial charge in [-0.15, -0.1) is 0 Å². The van der Waals surface area contributed by atoms with Gasteiger partial charge >= 0.3 is 5.97 Å². The summed E-state index contributed by atoms with van der Waals surface area (Å²) in [5, 5.41) is 3.34. The maximum absolute atomic E-state index is 11.9. The minimum Gasteiger partial charge on any atom is -0.467 e. The smallest absolute Gasteiger partial charge is 0.315 e. The topological polar surface area (TPSA) is 73.9 Å². The predicted molar refractivity (Wildman–Crippen MR) is 118 cm³/mol. The van der Waals surface area contributed by atoms with E-state index >= 15 is 0 Å². The summed E-state index contributed by atoms with van der Waals surface area (Å²) in [6, 6.07) is 4.29. The summed E-state index contributed by atoms with van der Waals surface area (Å²) in [6.07, 6.45) is -0.349. The molecule has 0 radical (unpaired) electrons. The van der Waals surface area contributed by atoms with E-state index in [1.165, 1.54) is 0 Å². The highest BCUT2D eigenvalue weighted by Crippen LogP contribution is 2.30. The van der Waals surface area contributed by atoms with Crippen LogP contribution in [0.4, 0.5) is 0 Å². The normalized spacial score (nSPS) is 11.4. The summed E-state index contributed by atoms with van der Waals surface area (Å²) in [6.45, 7) is 11.8. The maximum Gasteiger partial charge on any atom is 0.315 e. The van der Waals surface area contributed by atoms with Crippen LogP contribution >= 0.6 is 23.2 Å². The first-order valence-electron chi connectivity index (χ1n) is 9.58. The molecule has 0 unspecified atom stereocenters. The van der Waals surface area contributed by atoms with Gasteiger partial charge in [-0.2, -0.15) is 0 Å². The monoisotopic (exact) mass is 463 g/mol. The molecule has 164 valence electrons. The van der Waals surface area contributed by atoms with E-state index in [4.69, 9.17) is 37.4 Å². The Balaban J connectivity index is 2.47. The molecule has 0 aliphatic heterocycles. The molecule has 0 fully saturated rings. The van der Waals surface area contributed by atoms with Crippen LogP contribution in [0.15, 0.2) is 12.1 Å². The van der Waals surface area contributed by atoms with Crippen LogP contribution in [0.2, 0.25) is 35.7 Å². The number of esters is 1. The first-order valence-corrected chi connectivity index (χ1v) is 14.0. The summed E-state index contributed by atoms with van der Waals surface area (Å²) in [5.74, 6) is -0.320. The molecule has 1 N–H and O–H groups in total. The van der Waals surface area contributed by atoms with Gasteiger partial charge in [-0.3, -0.25) is 9.59 Å². The molecule has 1 rings (SSSR count). The zero-order valence-corrected chi connectivity index (χ0v) is 20.3. The van der Waals surface area contributed by atoms with Crippen molar-refractivity contribution in [1.29, 1.82) is 0 Å². The lowest BCUT2D eigenvalue weighted by Gasteiger charge is -2.16. The fraction of sp³-hybridized carbons (Fsp3) is 0.600. The van der Waals surface area contributed by atoms with Gasteiger partial charge in [0.15, 0.2) is 6.79 Å². The Hall–Kier alpha value is -1.28. The molecule has 6 nitrogen and oxygen atoms in total. The van der Waals surface area contributed by atoms with Crippen molar-refractivity contribution in [3.63, 3.8) is 0 Å². The number of hydrogen-bond donors (Lipinski definition) is 1. The molecular weight excluding hydrogens is 433 g/mol. The van der Waals surface area contributed by atoms with Crippen LogP contribution in [0.1, 0.15) is 25.8 Å². The Kier molecular flexibility index (Phi) is 11.0. The van der Waals surface area contributed by atoms with Crippen molar-refractivity contribution in [3.05, 3.63) is 27.7 Å². The minimum absolute atomic E-state index is 0.0982. The number of carbonyl (C=O) groups excluding carboxylic acids is 2. The summed E-state index contributed by atoms with van der Waals surface area (Å²) >= 11 is 12.5. The number of hydrogen-bond acceptors (Lipinski definition) is 5. The van der Waals surface area contributed by atoms with Crippen LogP contribution in [0, 0.1) is 5.92 Å². The van der Waals surface area contributed by atoms with E-state index in [1.54, 1.807) is 12.1 Å². The van der Waals surface area contributed by atoms with Crippen LogP contribution in [0.25, 0.3) is 0 Å². The molecule has 0 bridgehead atoms. The molecule has 0 aliphatic carbocycles. The second kappa shape index (κ2) is 12.4. The highest BCUT2D eigenvalue weighted by atomic mass is 35.5. The van der Waals surface area contributed by atoms with Crippen molar-refractivity contribution in [2.45, 2.75) is 52.5 Å². The fourth-order valence-corrected chi connectivity index (χ4v) is 3.43. The van der Waals surface area contributed by atoms with E-state index in [-0.39, 0.29) is 32.3 Å². The van der Waals surface area contributed by atoms with Crippen LogP contribution < -0.4 is 10.1 Å². The molecule has 0 saturated carbocycles. The Morgan fingerprint density at radius 3 is 2.31 bits per heavy atom. The fourth-order valence-electron chi connectivity index (χ4n) is 2.07. The van der Waals surface area contributed by atoms with E-state index in [0.717, 1.165) is 6.04 Å². The third-order valence-corrected chi connectivity index (χ3v) is 6.14. The Labute approximate surface area is 184 Å². The van der Waals surface area contributed by atoms with E-state index in [0.29, 0.717) is 28.0 Å². The predicted octanol–water partition coefficient (Wildman–Crippen LogP) is 4.89. The molecule has 1 aromatic carbocycles. The number of halogens is 2. The number of benzene rings is 1. The number of carbonyl (C=O) groups is 2. The summed E-state index contributed by atoms with van der Waals surface area (Å²) in [4.78, 5) is 23.5. The van der Waals surface area contributed by atoms with Crippen molar-refractivity contribution < 1.29 is 23.8 Å². The molecule has 0 heterocycles. The van der Waals surface area contributed by atoms with Gasteiger partial charge in [0, 0.05) is 26.8 Å². The highest BCUT2D eigenvalue weighted by molar-refractivity contribution is 6.76. The molecule has 9 heteroatoms. The Morgan fingerprint density at radius 2 is 1.76 bits per heavy atom. The zero-order valence-electron chi connectivity index (χ0n) is 17.8. The average Bonchev–Trinajstić information content (AvgIpc) is 2.58. The van der Waals surface area contributed by atoms with Crippen LogP contribution in [0.5, 0.6) is 5.75 Å². The Morgan fingerprint density at radius 1 is 1.14 bits per heavy atom. The maximum atomic E-state index is 11.9. The van der Waals surface area contributed by atoms with Gasteiger partial charge in [-0.1, -0.05) is 56.7 Å². The van der Waals surface area contributed by atoms with Crippen LogP contribution in [-0.2, 0) is 25.6 Å². The van der Waals surface area contributed by atoms with E-state index in [9.17, 15) is 9.59 Å². The number of rotatable bonds is 12. The molecule has 0 atom stereocenters. The van der Waals surface area contributed by atoms with Gasteiger partial charge in [0.2, 0.25) is 5.91 Å². The molecule has 0 aromatic heterocycles. The van der Waals surface area contributed by atoms with E-state index in [1.807, 2.05) is 13.8 Å². The lowest BCUT2D eigenvalue weighted by Crippen LogP contribution is -2.26. The molecule has 1 amide bonds.